The summed E-state index contributed by atoms with van der Waals surface area (Å²) >= 11 is 0. The van der Waals surface area contributed by atoms with Gasteiger partial charge in [-0.3, -0.25) is 19.3 Å². The van der Waals surface area contributed by atoms with Crippen LogP contribution < -0.4 is 0 Å². The van der Waals surface area contributed by atoms with Crippen molar-refractivity contribution in [2.45, 2.75) is 13.8 Å². The molecule has 2 atom stereocenters. The number of rotatable bonds is 4. The molecular formula is C15H25N3O4. The maximum Gasteiger partial charge on any atom is 0.307 e. The molecule has 1 saturated carbocycles. The zero-order valence-electron chi connectivity index (χ0n) is 13.7. The van der Waals surface area contributed by atoms with Crippen LogP contribution >= 0.6 is 0 Å². The van der Waals surface area contributed by atoms with E-state index in [1.54, 1.807) is 23.9 Å². The summed E-state index contributed by atoms with van der Waals surface area (Å²) in [6.45, 7) is 6.44. The van der Waals surface area contributed by atoms with Crippen LogP contribution in [0.15, 0.2) is 0 Å². The Kier molecular flexibility index (Phi) is 4.47. The summed E-state index contributed by atoms with van der Waals surface area (Å²) in [7, 11) is 3.45. The van der Waals surface area contributed by atoms with E-state index in [-0.39, 0.29) is 11.8 Å². The Balaban J connectivity index is 1.86. The summed E-state index contributed by atoms with van der Waals surface area (Å²) in [4.78, 5) is 40.7. The van der Waals surface area contributed by atoms with Crippen molar-refractivity contribution in [2.75, 3.05) is 46.8 Å². The molecule has 2 fully saturated rings. The molecule has 0 unspecified atom stereocenters. The molecule has 1 heterocycles. The van der Waals surface area contributed by atoms with E-state index in [4.69, 9.17) is 0 Å². The number of hydrogen-bond donors (Lipinski definition) is 1. The predicted octanol–water partition coefficient (Wildman–Crippen LogP) is -0.424. The molecule has 2 amide bonds. The molecule has 1 saturated heterocycles. The first-order valence-corrected chi connectivity index (χ1v) is 7.60. The van der Waals surface area contributed by atoms with Crippen LogP contribution in [0.2, 0.25) is 0 Å². The van der Waals surface area contributed by atoms with Crippen LogP contribution in [0.3, 0.4) is 0 Å². The molecule has 1 aliphatic carbocycles. The lowest BCUT2D eigenvalue weighted by molar-refractivity contribution is -0.142. The molecule has 7 heteroatoms. The average molecular weight is 311 g/mol. The fourth-order valence-electron chi connectivity index (χ4n) is 3.22. The van der Waals surface area contributed by atoms with Crippen molar-refractivity contribution in [2.24, 2.45) is 17.3 Å². The molecule has 1 N–H and O–H groups in total. The molecule has 0 spiro atoms. The maximum absolute atomic E-state index is 12.5. The molecule has 7 nitrogen and oxygen atoms in total. The molecule has 1 aliphatic heterocycles. The molecule has 0 aromatic carbocycles. The van der Waals surface area contributed by atoms with Crippen LogP contribution in [-0.2, 0) is 14.4 Å². The molecule has 124 valence electrons. The number of carboxylic acids is 1. The SMILES string of the molecule is CN(C)C(=O)CN1CCN(C(=O)[C@@H]2[C@H](C(=O)O)C2(C)C)CC1. The number of carbonyl (C=O) groups is 3. The number of amides is 2. The standard InChI is InChI=1S/C15H25N3O4/c1-15(2)11(12(15)14(21)22)13(20)18-7-5-17(6-8-18)9-10(19)16(3)4/h11-12H,5-9H2,1-4H3,(H,21,22)/t11-,12+/m0/s1. The quantitative estimate of drug-likeness (QED) is 0.762. The van der Waals surface area contributed by atoms with Gasteiger partial charge in [0.05, 0.1) is 18.4 Å². The van der Waals surface area contributed by atoms with E-state index in [9.17, 15) is 19.5 Å². The van der Waals surface area contributed by atoms with E-state index >= 15 is 0 Å². The maximum atomic E-state index is 12.5. The van der Waals surface area contributed by atoms with Gasteiger partial charge in [-0.15, -0.1) is 0 Å². The number of aliphatic carboxylic acids is 1. The topological polar surface area (TPSA) is 81.2 Å². The molecule has 0 aromatic heterocycles. The summed E-state index contributed by atoms with van der Waals surface area (Å²) in [5.74, 6) is -1.89. The number of hydrogen-bond acceptors (Lipinski definition) is 4. The summed E-state index contributed by atoms with van der Waals surface area (Å²) in [5.41, 5.74) is -0.457. The average Bonchev–Trinajstić information content (AvgIpc) is 3.01. The zero-order chi connectivity index (χ0) is 16.7. The second-order valence-electron chi connectivity index (χ2n) is 7.00. The third kappa shape index (κ3) is 3.09. The monoisotopic (exact) mass is 311 g/mol. The zero-order valence-corrected chi connectivity index (χ0v) is 13.7. The minimum Gasteiger partial charge on any atom is -0.481 e. The molecule has 0 bridgehead atoms. The molecular weight excluding hydrogens is 286 g/mol. The van der Waals surface area contributed by atoms with Gasteiger partial charge in [0.1, 0.15) is 0 Å². The van der Waals surface area contributed by atoms with Crippen molar-refractivity contribution < 1.29 is 19.5 Å². The highest BCUT2D eigenvalue weighted by molar-refractivity contribution is 5.91. The Hall–Kier alpha value is -1.63. The Morgan fingerprint density at radius 3 is 2.05 bits per heavy atom. The second-order valence-corrected chi connectivity index (χ2v) is 7.00. The number of piperazine rings is 1. The van der Waals surface area contributed by atoms with E-state index in [0.29, 0.717) is 32.7 Å². The minimum atomic E-state index is -0.890. The summed E-state index contributed by atoms with van der Waals surface area (Å²) in [6, 6.07) is 0. The molecule has 0 radical (unpaired) electrons. The first-order chi connectivity index (χ1) is 10.2. The normalized spacial score (nSPS) is 27.4. The summed E-state index contributed by atoms with van der Waals surface area (Å²) in [5, 5.41) is 9.18. The lowest BCUT2D eigenvalue weighted by atomic mass is 10.1. The van der Waals surface area contributed by atoms with E-state index < -0.39 is 23.2 Å². The molecule has 2 aliphatic rings. The smallest absolute Gasteiger partial charge is 0.307 e. The highest BCUT2D eigenvalue weighted by Gasteiger charge is 2.66. The number of nitrogens with zero attached hydrogens (tertiary/aromatic N) is 3. The van der Waals surface area contributed by atoms with Gasteiger partial charge in [0, 0.05) is 40.3 Å². The Bertz CT molecular complexity index is 481. The van der Waals surface area contributed by atoms with Crippen molar-refractivity contribution in [3.05, 3.63) is 0 Å². The third-order valence-electron chi connectivity index (χ3n) is 4.90. The van der Waals surface area contributed by atoms with Crippen molar-refractivity contribution in [3.8, 4) is 0 Å². The Morgan fingerprint density at radius 2 is 1.64 bits per heavy atom. The van der Waals surface area contributed by atoms with Gasteiger partial charge in [0.25, 0.3) is 0 Å². The van der Waals surface area contributed by atoms with Crippen LogP contribution in [0.5, 0.6) is 0 Å². The van der Waals surface area contributed by atoms with Gasteiger partial charge in [0.2, 0.25) is 11.8 Å². The van der Waals surface area contributed by atoms with E-state index in [2.05, 4.69) is 0 Å². The van der Waals surface area contributed by atoms with Crippen molar-refractivity contribution in [3.63, 3.8) is 0 Å². The van der Waals surface area contributed by atoms with Gasteiger partial charge >= 0.3 is 5.97 Å². The highest BCUT2D eigenvalue weighted by Crippen LogP contribution is 2.59. The number of likely N-dealkylation sites (N-methyl/N-ethyl adjacent to an activating group) is 1. The largest absolute Gasteiger partial charge is 0.481 e. The van der Waals surface area contributed by atoms with Crippen LogP contribution in [0.25, 0.3) is 0 Å². The van der Waals surface area contributed by atoms with Crippen molar-refractivity contribution >= 4 is 17.8 Å². The van der Waals surface area contributed by atoms with Crippen LogP contribution in [0.4, 0.5) is 0 Å². The second kappa shape index (κ2) is 5.87. The fourth-order valence-corrected chi connectivity index (χ4v) is 3.22. The highest BCUT2D eigenvalue weighted by atomic mass is 16.4. The van der Waals surface area contributed by atoms with E-state index in [1.165, 1.54) is 0 Å². The number of carboxylic acid groups (broad SMARTS) is 1. The van der Waals surface area contributed by atoms with Gasteiger partial charge in [-0.25, -0.2) is 0 Å². The van der Waals surface area contributed by atoms with Gasteiger partial charge in [-0.05, 0) is 5.41 Å². The Labute approximate surface area is 130 Å². The van der Waals surface area contributed by atoms with E-state index in [1.807, 2.05) is 18.7 Å². The predicted molar refractivity (Wildman–Crippen MR) is 80.1 cm³/mol. The fraction of sp³-hybridized carbons (Fsp3) is 0.800. The number of carbonyl (C=O) groups excluding carboxylic acids is 2. The van der Waals surface area contributed by atoms with E-state index in [0.717, 1.165) is 0 Å². The lowest BCUT2D eigenvalue weighted by Crippen LogP contribution is -2.51. The molecule has 2 rings (SSSR count). The summed E-state index contributed by atoms with van der Waals surface area (Å²) < 4.78 is 0. The Morgan fingerprint density at radius 1 is 1.09 bits per heavy atom. The van der Waals surface area contributed by atoms with Crippen molar-refractivity contribution in [1.82, 2.24) is 14.7 Å². The first kappa shape index (κ1) is 16.7. The van der Waals surface area contributed by atoms with Gasteiger partial charge in [0.15, 0.2) is 0 Å². The minimum absolute atomic E-state index is 0.0500. The van der Waals surface area contributed by atoms with Gasteiger partial charge in [-0.1, -0.05) is 13.8 Å². The lowest BCUT2D eigenvalue weighted by Gasteiger charge is -2.35. The molecule has 0 aromatic rings. The van der Waals surface area contributed by atoms with Crippen LogP contribution in [-0.4, -0.2) is 84.4 Å². The van der Waals surface area contributed by atoms with Gasteiger partial charge in [-0.2, -0.15) is 0 Å². The van der Waals surface area contributed by atoms with Crippen LogP contribution in [0, 0.1) is 17.3 Å². The first-order valence-electron chi connectivity index (χ1n) is 7.60. The molecule has 22 heavy (non-hydrogen) atoms. The third-order valence-corrected chi connectivity index (χ3v) is 4.90. The van der Waals surface area contributed by atoms with Crippen LogP contribution in [0.1, 0.15) is 13.8 Å². The summed E-state index contributed by atoms with van der Waals surface area (Å²) in [6.07, 6.45) is 0. The van der Waals surface area contributed by atoms with Crippen molar-refractivity contribution in [1.29, 1.82) is 0 Å². The van der Waals surface area contributed by atoms with Gasteiger partial charge < -0.3 is 14.9 Å².